The van der Waals surface area contributed by atoms with Crippen LogP contribution in [0.15, 0.2) is 0 Å². The van der Waals surface area contributed by atoms with E-state index in [2.05, 4.69) is 0 Å². The minimum Gasteiger partial charge on any atom is -0.394 e. The lowest BCUT2D eigenvalue weighted by Crippen LogP contribution is -2.29. The van der Waals surface area contributed by atoms with Crippen LogP contribution < -0.4 is 5.73 Å². The molecule has 0 radical (unpaired) electrons. The van der Waals surface area contributed by atoms with Crippen LogP contribution in [0.1, 0.15) is 19.3 Å². The Morgan fingerprint density at radius 2 is 2.12 bits per heavy atom. The third kappa shape index (κ3) is 0.327. The van der Waals surface area contributed by atoms with Gasteiger partial charge in [-0.25, -0.2) is 0 Å². The molecule has 8 heavy (non-hydrogen) atoms. The molecule has 0 aromatic heterocycles. The fourth-order valence-electron chi connectivity index (χ4n) is 1.61. The van der Waals surface area contributed by atoms with Crippen LogP contribution in [0.3, 0.4) is 0 Å². The van der Waals surface area contributed by atoms with Crippen molar-refractivity contribution in [3.8, 4) is 0 Å². The summed E-state index contributed by atoms with van der Waals surface area (Å²) in [7, 11) is 0. The van der Waals surface area contributed by atoms with Crippen molar-refractivity contribution < 1.29 is 5.11 Å². The lowest BCUT2D eigenvalue weighted by molar-refractivity contribution is 0.244. The fraction of sp³-hybridized carbons (Fsp3) is 1.00. The number of aliphatic hydroxyl groups is 1. The lowest BCUT2D eigenvalue weighted by atomic mass is 10.2. The Morgan fingerprint density at radius 3 is 2.25 bits per heavy atom. The van der Waals surface area contributed by atoms with Crippen molar-refractivity contribution in [1.29, 1.82) is 0 Å². The molecule has 2 heteroatoms. The molecule has 2 aliphatic carbocycles. The van der Waals surface area contributed by atoms with Crippen molar-refractivity contribution in [3.05, 3.63) is 0 Å². The van der Waals surface area contributed by atoms with Gasteiger partial charge in [0, 0.05) is 5.54 Å². The number of hydrogen-bond donors (Lipinski definition) is 2. The van der Waals surface area contributed by atoms with Crippen molar-refractivity contribution in [2.45, 2.75) is 24.8 Å². The molecule has 0 saturated heterocycles. The number of rotatable bonds is 1. The molecule has 3 N–H and O–H groups in total. The van der Waals surface area contributed by atoms with Gasteiger partial charge in [-0.1, -0.05) is 0 Å². The largest absolute Gasteiger partial charge is 0.394 e. The predicted octanol–water partition coefficient (Wildman–Crippen LogP) is -0.140. The molecule has 1 spiro atoms. The molecule has 0 heterocycles. The summed E-state index contributed by atoms with van der Waals surface area (Å²) in [6.45, 7) is 0.188. The summed E-state index contributed by atoms with van der Waals surface area (Å²) in [4.78, 5) is 0. The molecule has 2 saturated carbocycles. The minimum absolute atomic E-state index is 0.146. The average Bonchev–Trinajstić information content (AvgIpc) is 2.57. The van der Waals surface area contributed by atoms with E-state index in [0.29, 0.717) is 5.41 Å². The second-order valence-corrected chi connectivity index (χ2v) is 3.27. The van der Waals surface area contributed by atoms with Gasteiger partial charge in [-0.15, -0.1) is 0 Å². The number of aliphatic hydroxyl groups excluding tert-OH is 1. The Morgan fingerprint density at radius 1 is 1.50 bits per heavy atom. The zero-order chi connectivity index (χ0) is 5.83. The van der Waals surface area contributed by atoms with Gasteiger partial charge in [-0.3, -0.25) is 0 Å². The first-order chi connectivity index (χ1) is 3.72. The van der Waals surface area contributed by atoms with Gasteiger partial charge in [0.15, 0.2) is 0 Å². The van der Waals surface area contributed by atoms with Crippen molar-refractivity contribution in [2.75, 3.05) is 6.61 Å². The highest BCUT2D eigenvalue weighted by Crippen LogP contribution is 2.71. The van der Waals surface area contributed by atoms with Crippen LogP contribution in [0.25, 0.3) is 0 Å². The quantitative estimate of drug-likeness (QED) is 0.497. The van der Waals surface area contributed by atoms with Crippen LogP contribution in [0.5, 0.6) is 0 Å². The number of nitrogens with two attached hydrogens (primary N) is 1. The molecule has 1 unspecified atom stereocenters. The molecule has 46 valence electrons. The minimum atomic E-state index is -0.146. The van der Waals surface area contributed by atoms with Crippen molar-refractivity contribution in [1.82, 2.24) is 0 Å². The van der Waals surface area contributed by atoms with Gasteiger partial charge in [-0.05, 0) is 24.7 Å². The van der Waals surface area contributed by atoms with E-state index in [1.807, 2.05) is 0 Å². The normalized spacial score (nSPS) is 47.2. The van der Waals surface area contributed by atoms with E-state index in [-0.39, 0.29) is 12.1 Å². The van der Waals surface area contributed by atoms with E-state index in [4.69, 9.17) is 10.8 Å². The Bertz CT molecular complexity index is 130. The maximum Gasteiger partial charge on any atom is 0.0616 e. The summed E-state index contributed by atoms with van der Waals surface area (Å²) >= 11 is 0. The maximum absolute atomic E-state index is 8.72. The SMILES string of the molecule is NC1(CO)CC12CC2. The molecule has 2 aliphatic rings. The predicted molar refractivity (Wildman–Crippen MR) is 30.3 cm³/mol. The molecule has 2 rings (SSSR count). The maximum atomic E-state index is 8.72. The topological polar surface area (TPSA) is 46.2 Å². The molecule has 1 atom stereocenters. The van der Waals surface area contributed by atoms with Crippen LogP contribution in [0, 0.1) is 5.41 Å². The van der Waals surface area contributed by atoms with Crippen LogP contribution >= 0.6 is 0 Å². The lowest BCUT2D eigenvalue weighted by Gasteiger charge is -2.02. The zero-order valence-corrected chi connectivity index (χ0v) is 4.85. The van der Waals surface area contributed by atoms with Crippen LogP contribution in [0.4, 0.5) is 0 Å². The molecule has 0 aliphatic heterocycles. The fourth-order valence-corrected chi connectivity index (χ4v) is 1.61. The smallest absolute Gasteiger partial charge is 0.0616 e. The van der Waals surface area contributed by atoms with Crippen molar-refractivity contribution in [3.63, 3.8) is 0 Å². The third-order valence-electron chi connectivity index (χ3n) is 2.72. The summed E-state index contributed by atoms with van der Waals surface area (Å²) in [6, 6.07) is 0. The highest BCUT2D eigenvalue weighted by molar-refractivity contribution is 5.26. The molecule has 0 aromatic carbocycles. The summed E-state index contributed by atoms with van der Waals surface area (Å²) < 4.78 is 0. The Hall–Kier alpha value is -0.0800. The number of hydrogen-bond acceptors (Lipinski definition) is 2. The Kier molecular flexibility index (Phi) is 0.570. The summed E-state index contributed by atoms with van der Waals surface area (Å²) in [5, 5.41) is 8.72. The molecule has 0 aromatic rings. The first-order valence-electron chi connectivity index (χ1n) is 3.12. The van der Waals surface area contributed by atoms with Gasteiger partial charge in [0.2, 0.25) is 0 Å². The molecular formula is C6H11NO. The van der Waals surface area contributed by atoms with Gasteiger partial charge in [0.05, 0.1) is 6.61 Å². The van der Waals surface area contributed by atoms with Gasteiger partial charge >= 0.3 is 0 Å². The van der Waals surface area contributed by atoms with E-state index in [0.717, 1.165) is 6.42 Å². The summed E-state index contributed by atoms with van der Waals surface area (Å²) in [5.41, 5.74) is 6.02. The van der Waals surface area contributed by atoms with Gasteiger partial charge in [-0.2, -0.15) is 0 Å². The van der Waals surface area contributed by atoms with E-state index in [1.54, 1.807) is 0 Å². The van der Waals surface area contributed by atoms with Crippen molar-refractivity contribution >= 4 is 0 Å². The van der Waals surface area contributed by atoms with Gasteiger partial charge in [0.1, 0.15) is 0 Å². The second kappa shape index (κ2) is 0.957. The van der Waals surface area contributed by atoms with E-state index in [9.17, 15) is 0 Å². The summed E-state index contributed by atoms with van der Waals surface area (Å²) in [6.07, 6.45) is 3.57. The van der Waals surface area contributed by atoms with Crippen LogP contribution in [0.2, 0.25) is 0 Å². The highest BCUT2D eigenvalue weighted by Gasteiger charge is 2.71. The molecule has 0 amide bonds. The highest BCUT2D eigenvalue weighted by atomic mass is 16.3. The third-order valence-corrected chi connectivity index (χ3v) is 2.72. The van der Waals surface area contributed by atoms with Crippen molar-refractivity contribution in [2.24, 2.45) is 11.1 Å². The Balaban J connectivity index is 2.11. The average molecular weight is 113 g/mol. The Labute approximate surface area is 48.7 Å². The van der Waals surface area contributed by atoms with Gasteiger partial charge < -0.3 is 10.8 Å². The standard InChI is InChI=1S/C6H11NO/c7-6(4-8)3-5(6)1-2-5/h8H,1-4,7H2. The first kappa shape index (κ1) is 4.77. The zero-order valence-electron chi connectivity index (χ0n) is 4.85. The first-order valence-corrected chi connectivity index (χ1v) is 3.12. The van der Waals surface area contributed by atoms with Crippen LogP contribution in [-0.4, -0.2) is 17.3 Å². The van der Waals surface area contributed by atoms with E-state index in [1.165, 1.54) is 12.8 Å². The molecule has 0 bridgehead atoms. The molecular weight excluding hydrogens is 102 g/mol. The summed E-state index contributed by atoms with van der Waals surface area (Å²) in [5.74, 6) is 0. The molecule has 2 fully saturated rings. The van der Waals surface area contributed by atoms with E-state index < -0.39 is 0 Å². The van der Waals surface area contributed by atoms with E-state index >= 15 is 0 Å². The monoisotopic (exact) mass is 113 g/mol. The second-order valence-electron chi connectivity index (χ2n) is 3.27. The van der Waals surface area contributed by atoms with Crippen LogP contribution in [-0.2, 0) is 0 Å². The molecule has 2 nitrogen and oxygen atoms in total. The van der Waals surface area contributed by atoms with Gasteiger partial charge in [0.25, 0.3) is 0 Å².